The number of rotatable bonds is 4. The number of benzene rings is 1. The Morgan fingerprint density at radius 3 is 3.06 bits per heavy atom. The van der Waals surface area contributed by atoms with Crippen LogP contribution in [0.4, 0.5) is 0 Å². The van der Waals surface area contributed by atoms with Gasteiger partial charge in [-0.2, -0.15) is 0 Å². The van der Waals surface area contributed by atoms with E-state index in [9.17, 15) is 4.79 Å². The van der Waals surface area contributed by atoms with Gasteiger partial charge in [-0.15, -0.1) is 0 Å². The van der Waals surface area contributed by atoms with Crippen LogP contribution in [0, 0.1) is 0 Å². The van der Waals surface area contributed by atoms with Crippen LogP contribution in [0.2, 0.25) is 0 Å². The molecule has 0 radical (unpaired) electrons. The number of carbonyl (C=O) groups excluding carboxylic acids is 1. The van der Waals surface area contributed by atoms with Crippen molar-refractivity contribution in [3.63, 3.8) is 0 Å². The maximum absolute atomic E-state index is 12.1. The van der Waals surface area contributed by atoms with E-state index in [1.165, 1.54) is 0 Å². The summed E-state index contributed by atoms with van der Waals surface area (Å²) in [5.74, 6) is 0.601. The van der Waals surface area contributed by atoms with E-state index >= 15 is 0 Å². The van der Waals surface area contributed by atoms with E-state index in [0.29, 0.717) is 11.3 Å². The Morgan fingerprint density at radius 1 is 1.56 bits per heavy atom. The van der Waals surface area contributed by atoms with Crippen molar-refractivity contribution in [1.29, 1.82) is 0 Å². The Bertz CT molecular complexity index is 413. The van der Waals surface area contributed by atoms with Crippen LogP contribution in [-0.4, -0.2) is 31.8 Å². The van der Waals surface area contributed by atoms with Gasteiger partial charge in [-0.25, -0.2) is 0 Å². The van der Waals surface area contributed by atoms with Crippen LogP contribution >= 0.6 is 0 Å². The van der Waals surface area contributed by atoms with Crippen molar-refractivity contribution in [3.05, 3.63) is 29.8 Å². The van der Waals surface area contributed by atoms with Gasteiger partial charge in [0.05, 0.1) is 19.3 Å². The molecule has 18 heavy (non-hydrogen) atoms. The molecule has 4 heteroatoms. The summed E-state index contributed by atoms with van der Waals surface area (Å²) in [4.78, 5) is 12.1. The highest BCUT2D eigenvalue weighted by molar-refractivity contribution is 5.94. The normalized spacial score (nSPS) is 20.4. The van der Waals surface area contributed by atoms with Crippen LogP contribution < -0.4 is 10.1 Å². The molecule has 1 N–H and O–H groups in total. The van der Waals surface area contributed by atoms with E-state index in [0.717, 1.165) is 19.4 Å². The zero-order valence-electron chi connectivity index (χ0n) is 10.8. The van der Waals surface area contributed by atoms with Gasteiger partial charge in [-0.3, -0.25) is 4.79 Å². The molecule has 0 spiro atoms. The van der Waals surface area contributed by atoms with E-state index in [1.807, 2.05) is 19.1 Å². The van der Waals surface area contributed by atoms with Crippen molar-refractivity contribution < 1.29 is 14.3 Å². The second-order valence-electron chi connectivity index (χ2n) is 4.55. The largest absolute Gasteiger partial charge is 0.497 e. The van der Waals surface area contributed by atoms with Crippen molar-refractivity contribution in [2.75, 3.05) is 13.7 Å². The van der Waals surface area contributed by atoms with E-state index in [1.54, 1.807) is 19.2 Å². The SMILES string of the molecule is COc1cccc(C(=O)N[C@H](C)[C@H]2CCCO2)c1. The average Bonchev–Trinajstić information content (AvgIpc) is 2.92. The summed E-state index contributed by atoms with van der Waals surface area (Å²) in [6, 6.07) is 7.17. The minimum absolute atomic E-state index is 0.0335. The Balaban J connectivity index is 1.97. The Hall–Kier alpha value is -1.55. The molecule has 2 rings (SSSR count). The lowest BCUT2D eigenvalue weighted by atomic mass is 10.1. The first kappa shape index (κ1) is 12.9. The quantitative estimate of drug-likeness (QED) is 0.887. The van der Waals surface area contributed by atoms with E-state index < -0.39 is 0 Å². The molecular formula is C14H19NO3. The molecule has 1 aliphatic rings. The third-order valence-corrected chi connectivity index (χ3v) is 3.21. The monoisotopic (exact) mass is 249 g/mol. The smallest absolute Gasteiger partial charge is 0.251 e. The van der Waals surface area contributed by atoms with E-state index in [4.69, 9.17) is 9.47 Å². The molecule has 1 saturated heterocycles. The first-order valence-corrected chi connectivity index (χ1v) is 6.27. The number of hydrogen-bond donors (Lipinski definition) is 1. The van der Waals surface area contributed by atoms with E-state index in [-0.39, 0.29) is 18.1 Å². The molecule has 0 aliphatic carbocycles. The van der Waals surface area contributed by atoms with Gasteiger partial charge in [0.25, 0.3) is 5.91 Å². The van der Waals surface area contributed by atoms with Crippen molar-refractivity contribution in [2.24, 2.45) is 0 Å². The zero-order chi connectivity index (χ0) is 13.0. The van der Waals surface area contributed by atoms with Crippen molar-refractivity contribution >= 4 is 5.91 Å². The molecule has 1 heterocycles. The lowest BCUT2D eigenvalue weighted by molar-refractivity contribution is 0.0712. The summed E-state index contributed by atoms with van der Waals surface area (Å²) in [6.45, 7) is 2.78. The molecule has 0 saturated carbocycles. The number of methoxy groups -OCH3 is 1. The van der Waals surface area contributed by atoms with Crippen LogP contribution in [0.1, 0.15) is 30.1 Å². The maximum atomic E-state index is 12.1. The fourth-order valence-corrected chi connectivity index (χ4v) is 2.14. The molecule has 4 nitrogen and oxygen atoms in total. The van der Waals surface area contributed by atoms with Gasteiger partial charge in [0, 0.05) is 12.2 Å². The van der Waals surface area contributed by atoms with Crippen molar-refractivity contribution in [1.82, 2.24) is 5.32 Å². The van der Waals surface area contributed by atoms with Gasteiger partial charge in [0.2, 0.25) is 0 Å². The fraction of sp³-hybridized carbons (Fsp3) is 0.500. The van der Waals surface area contributed by atoms with Crippen molar-refractivity contribution in [2.45, 2.75) is 31.9 Å². The van der Waals surface area contributed by atoms with Crippen LogP contribution in [0.5, 0.6) is 5.75 Å². The van der Waals surface area contributed by atoms with Gasteiger partial charge in [-0.1, -0.05) is 6.07 Å². The molecule has 1 aliphatic heterocycles. The average molecular weight is 249 g/mol. The Kier molecular flexibility index (Phi) is 4.20. The van der Waals surface area contributed by atoms with Crippen LogP contribution in [0.15, 0.2) is 24.3 Å². The van der Waals surface area contributed by atoms with Gasteiger partial charge in [0.15, 0.2) is 0 Å². The Morgan fingerprint density at radius 2 is 2.39 bits per heavy atom. The third kappa shape index (κ3) is 3.01. The lowest BCUT2D eigenvalue weighted by Crippen LogP contribution is -2.40. The molecule has 1 fully saturated rings. The topological polar surface area (TPSA) is 47.6 Å². The number of amides is 1. The molecule has 1 aromatic rings. The first-order valence-electron chi connectivity index (χ1n) is 6.27. The summed E-state index contributed by atoms with van der Waals surface area (Å²) >= 11 is 0. The highest BCUT2D eigenvalue weighted by Crippen LogP contribution is 2.17. The van der Waals surface area contributed by atoms with Gasteiger partial charge in [0.1, 0.15) is 5.75 Å². The molecule has 1 amide bonds. The summed E-state index contributed by atoms with van der Waals surface area (Å²) in [5.41, 5.74) is 0.610. The summed E-state index contributed by atoms with van der Waals surface area (Å²) in [7, 11) is 1.59. The predicted octanol–water partition coefficient (Wildman–Crippen LogP) is 1.99. The van der Waals surface area contributed by atoms with E-state index in [2.05, 4.69) is 5.32 Å². The zero-order valence-corrected chi connectivity index (χ0v) is 10.8. The summed E-state index contributed by atoms with van der Waals surface area (Å²) in [5, 5.41) is 2.97. The van der Waals surface area contributed by atoms with Gasteiger partial charge >= 0.3 is 0 Å². The molecular weight excluding hydrogens is 230 g/mol. The summed E-state index contributed by atoms with van der Waals surface area (Å²) < 4.78 is 10.7. The molecule has 98 valence electrons. The third-order valence-electron chi connectivity index (χ3n) is 3.21. The lowest BCUT2D eigenvalue weighted by Gasteiger charge is -2.20. The minimum Gasteiger partial charge on any atom is -0.497 e. The maximum Gasteiger partial charge on any atom is 0.251 e. The minimum atomic E-state index is -0.0862. The first-order chi connectivity index (χ1) is 8.70. The Labute approximate surface area is 107 Å². The van der Waals surface area contributed by atoms with Crippen molar-refractivity contribution in [3.8, 4) is 5.75 Å². The number of hydrogen-bond acceptors (Lipinski definition) is 3. The number of carbonyl (C=O) groups is 1. The number of nitrogens with one attached hydrogen (secondary N) is 1. The molecule has 1 aromatic carbocycles. The molecule has 0 aromatic heterocycles. The highest BCUT2D eigenvalue weighted by Gasteiger charge is 2.23. The highest BCUT2D eigenvalue weighted by atomic mass is 16.5. The predicted molar refractivity (Wildman–Crippen MR) is 68.9 cm³/mol. The van der Waals surface area contributed by atoms with Crippen LogP contribution in [0.3, 0.4) is 0 Å². The number of ether oxygens (including phenoxy) is 2. The second-order valence-corrected chi connectivity index (χ2v) is 4.55. The summed E-state index contributed by atoms with van der Waals surface area (Å²) in [6.07, 6.45) is 2.23. The molecule has 0 bridgehead atoms. The van der Waals surface area contributed by atoms with Crippen LogP contribution in [0.25, 0.3) is 0 Å². The fourth-order valence-electron chi connectivity index (χ4n) is 2.14. The van der Waals surface area contributed by atoms with Gasteiger partial charge in [-0.05, 0) is 38.0 Å². The standard InChI is InChI=1S/C14H19NO3/c1-10(13-7-4-8-18-13)15-14(16)11-5-3-6-12(9-11)17-2/h3,5-6,9-10,13H,4,7-8H2,1-2H3,(H,15,16)/t10-,13-/m1/s1. The van der Waals surface area contributed by atoms with Gasteiger partial charge < -0.3 is 14.8 Å². The molecule has 2 atom stereocenters. The molecule has 0 unspecified atom stereocenters. The second kappa shape index (κ2) is 5.87. The van der Waals surface area contributed by atoms with Crippen LogP contribution in [-0.2, 0) is 4.74 Å².